The summed E-state index contributed by atoms with van der Waals surface area (Å²) in [6.07, 6.45) is 0. The van der Waals surface area contributed by atoms with E-state index in [0.29, 0.717) is 13.1 Å². The second-order valence-corrected chi connectivity index (χ2v) is 8.62. The molecule has 5 aromatic rings. The lowest BCUT2D eigenvalue weighted by Gasteiger charge is -2.12. The van der Waals surface area contributed by atoms with Crippen LogP contribution in [0, 0.1) is 13.8 Å². The number of nitrogens with zero attached hydrogens (tertiary/aromatic N) is 2. The third-order valence-electron chi connectivity index (χ3n) is 6.03. The van der Waals surface area contributed by atoms with Gasteiger partial charge in [-0.2, -0.15) is 0 Å². The standard InChI is InChI=1S/C29H27N3O2/c1-20-11-12-21(2)27(15-20)34-19-29(33)30-17-28-31-25-9-5-6-10-26(25)32(28)18-22-13-14-23-7-3-4-8-24(23)16-22/h3-16H,17-19H2,1-2H3,(H,30,33). The van der Waals surface area contributed by atoms with Gasteiger partial charge in [0.2, 0.25) is 0 Å². The number of amides is 1. The van der Waals surface area contributed by atoms with Crippen molar-refractivity contribution in [3.05, 3.63) is 107 Å². The van der Waals surface area contributed by atoms with E-state index in [1.165, 1.54) is 16.3 Å². The maximum absolute atomic E-state index is 12.5. The molecule has 1 amide bonds. The van der Waals surface area contributed by atoms with E-state index in [4.69, 9.17) is 9.72 Å². The van der Waals surface area contributed by atoms with Gasteiger partial charge in [-0.1, -0.05) is 60.7 Å². The van der Waals surface area contributed by atoms with Crippen LogP contribution >= 0.6 is 0 Å². The lowest BCUT2D eigenvalue weighted by Crippen LogP contribution is -2.29. The lowest BCUT2D eigenvalue weighted by atomic mass is 10.1. The molecule has 1 heterocycles. The average Bonchev–Trinajstić information content (AvgIpc) is 3.20. The van der Waals surface area contributed by atoms with Crippen molar-refractivity contribution in [3.63, 3.8) is 0 Å². The molecular formula is C29H27N3O2. The molecule has 0 saturated carbocycles. The van der Waals surface area contributed by atoms with Crippen molar-refractivity contribution in [3.8, 4) is 5.75 Å². The fourth-order valence-corrected chi connectivity index (χ4v) is 4.19. The molecule has 1 aromatic heterocycles. The van der Waals surface area contributed by atoms with Crippen LogP contribution in [0.2, 0.25) is 0 Å². The highest BCUT2D eigenvalue weighted by Gasteiger charge is 2.13. The largest absolute Gasteiger partial charge is 0.483 e. The maximum Gasteiger partial charge on any atom is 0.258 e. The molecule has 0 saturated heterocycles. The zero-order valence-corrected chi connectivity index (χ0v) is 19.4. The maximum atomic E-state index is 12.5. The number of rotatable bonds is 7. The zero-order chi connectivity index (χ0) is 23.5. The molecule has 0 bridgehead atoms. The van der Waals surface area contributed by atoms with Gasteiger partial charge in [0, 0.05) is 6.54 Å². The SMILES string of the molecule is Cc1ccc(C)c(OCC(=O)NCc2nc3ccccc3n2Cc2ccc3ccccc3c2)c1. The van der Waals surface area contributed by atoms with Crippen molar-refractivity contribution in [2.24, 2.45) is 0 Å². The Morgan fingerprint density at radius 3 is 2.59 bits per heavy atom. The molecule has 4 aromatic carbocycles. The quantitative estimate of drug-likeness (QED) is 0.354. The van der Waals surface area contributed by atoms with E-state index in [9.17, 15) is 4.79 Å². The first-order valence-electron chi connectivity index (χ1n) is 11.5. The summed E-state index contributed by atoms with van der Waals surface area (Å²) in [7, 11) is 0. The Hall–Kier alpha value is -4.12. The molecule has 34 heavy (non-hydrogen) atoms. The predicted octanol–water partition coefficient (Wildman–Crippen LogP) is 5.55. The molecule has 0 fully saturated rings. The molecule has 5 nitrogen and oxygen atoms in total. The summed E-state index contributed by atoms with van der Waals surface area (Å²) in [5, 5.41) is 5.40. The number of aromatic nitrogens is 2. The van der Waals surface area contributed by atoms with Crippen molar-refractivity contribution in [2.45, 2.75) is 26.9 Å². The Labute approximate surface area is 199 Å². The van der Waals surface area contributed by atoms with Crippen LogP contribution in [0.4, 0.5) is 0 Å². The number of carbonyl (C=O) groups is 1. The number of imidazole rings is 1. The Bertz CT molecular complexity index is 1490. The summed E-state index contributed by atoms with van der Waals surface area (Å²) < 4.78 is 7.93. The number of aryl methyl sites for hydroxylation is 2. The summed E-state index contributed by atoms with van der Waals surface area (Å²) in [6, 6.07) is 28.9. The summed E-state index contributed by atoms with van der Waals surface area (Å²) in [6.45, 7) is 4.95. The first kappa shape index (κ1) is 21.7. The van der Waals surface area contributed by atoms with E-state index in [-0.39, 0.29) is 12.5 Å². The van der Waals surface area contributed by atoms with Gasteiger partial charge in [0.25, 0.3) is 5.91 Å². The Balaban J connectivity index is 1.33. The van der Waals surface area contributed by atoms with Gasteiger partial charge in [-0.05, 0) is 65.6 Å². The van der Waals surface area contributed by atoms with Crippen molar-refractivity contribution in [2.75, 3.05) is 6.61 Å². The second-order valence-electron chi connectivity index (χ2n) is 8.62. The summed E-state index contributed by atoms with van der Waals surface area (Å²) >= 11 is 0. The van der Waals surface area contributed by atoms with Gasteiger partial charge in [0.15, 0.2) is 6.61 Å². The first-order chi connectivity index (χ1) is 16.6. The number of nitrogens with one attached hydrogen (secondary N) is 1. The number of fused-ring (bicyclic) bond motifs is 2. The molecule has 0 atom stereocenters. The highest BCUT2D eigenvalue weighted by atomic mass is 16.5. The van der Waals surface area contributed by atoms with Crippen LogP contribution < -0.4 is 10.1 Å². The minimum absolute atomic E-state index is 0.0325. The molecule has 0 radical (unpaired) electrons. The topological polar surface area (TPSA) is 56.1 Å². The molecule has 0 aliphatic rings. The molecule has 170 valence electrons. The first-order valence-corrected chi connectivity index (χ1v) is 11.5. The van der Waals surface area contributed by atoms with E-state index in [0.717, 1.165) is 33.7 Å². The predicted molar refractivity (Wildman–Crippen MR) is 136 cm³/mol. The van der Waals surface area contributed by atoms with Crippen molar-refractivity contribution < 1.29 is 9.53 Å². The highest BCUT2D eigenvalue weighted by Crippen LogP contribution is 2.21. The van der Waals surface area contributed by atoms with Gasteiger partial charge in [0.05, 0.1) is 17.6 Å². The third-order valence-corrected chi connectivity index (χ3v) is 6.03. The monoisotopic (exact) mass is 449 g/mol. The van der Waals surface area contributed by atoms with E-state index >= 15 is 0 Å². The minimum Gasteiger partial charge on any atom is -0.483 e. The van der Waals surface area contributed by atoms with Gasteiger partial charge < -0.3 is 14.6 Å². The van der Waals surface area contributed by atoms with Crippen molar-refractivity contribution in [1.82, 2.24) is 14.9 Å². The van der Waals surface area contributed by atoms with Crippen LogP contribution in [0.1, 0.15) is 22.5 Å². The second kappa shape index (κ2) is 9.40. The highest BCUT2D eigenvalue weighted by molar-refractivity contribution is 5.83. The van der Waals surface area contributed by atoms with E-state index in [1.807, 2.05) is 50.2 Å². The molecule has 0 spiro atoms. The molecule has 0 unspecified atom stereocenters. The fourth-order valence-electron chi connectivity index (χ4n) is 4.19. The lowest BCUT2D eigenvalue weighted by molar-refractivity contribution is -0.123. The van der Waals surface area contributed by atoms with Gasteiger partial charge in [0.1, 0.15) is 11.6 Å². The number of hydrogen-bond acceptors (Lipinski definition) is 3. The number of para-hydroxylation sites is 2. The summed E-state index contributed by atoms with van der Waals surface area (Å²) in [4.78, 5) is 17.3. The van der Waals surface area contributed by atoms with Crippen LogP contribution in [0.5, 0.6) is 5.75 Å². The molecule has 1 N–H and O–H groups in total. The van der Waals surface area contributed by atoms with Crippen LogP contribution in [-0.4, -0.2) is 22.1 Å². The molecular weight excluding hydrogens is 422 g/mol. The van der Waals surface area contributed by atoms with Crippen LogP contribution in [0.25, 0.3) is 21.8 Å². The number of benzene rings is 4. The van der Waals surface area contributed by atoms with Gasteiger partial charge in [-0.3, -0.25) is 4.79 Å². The zero-order valence-electron chi connectivity index (χ0n) is 19.4. The third kappa shape index (κ3) is 4.64. The van der Waals surface area contributed by atoms with Gasteiger partial charge in [-0.15, -0.1) is 0 Å². The number of ether oxygens (including phenoxy) is 1. The average molecular weight is 450 g/mol. The van der Waals surface area contributed by atoms with E-state index in [2.05, 4.69) is 58.4 Å². The molecule has 0 aliphatic heterocycles. The van der Waals surface area contributed by atoms with E-state index < -0.39 is 0 Å². The van der Waals surface area contributed by atoms with Gasteiger partial charge >= 0.3 is 0 Å². The van der Waals surface area contributed by atoms with Crippen LogP contribution in [0.3, 0.4) is 0 Å². The molecule has 0 aliphatic carbocycles. The number of hydrogen-bond donors (Lipinski definition) is 1. The number of carbonyl (C=O) groups excluding carboxylic acids is 1. The summed E-state index contributed by atoms with van der Waals surface area (Å²) in [5.74, 6) is 1.37. The minimum atomic E-state index is -0.176. The van der Waals surface area contributed by atoms with Crippen molar-refractivity contribution >= 4 is 27.7 Å². The Morgan fingerprint density at radius 1 is 0.912 bits per heavy atom. The Kier molecular flexibility index (Phi) is 6.00. The smallest absolute Gasteiger partial charge is 0.258 e. The summed E-state index contributed by atoms with van der Waals surface area (Å²) in [5.41, 5.74) is 5.26. The molecule has 5 rings (SSSR count). The van der Waals surface area contributed by atoms with Crippen LogP contribution in [-0.2, 0) is 17.9 Å². The molecule has 5 heteroatoms. The van der Waals surface area contributed by atoms with Crippen molar-refractivity contribution in [1.29, 1.82) is 0 Å². The normalized spacial score (nSPS) is 11.1. The fraction of sp³-hybridized carbons (Fsp3) is 0.172. The van der Waals surface area contributed by atoms with Crippen LogP contribution in [0.15, 0.2) is 84.9 Å². The van der Waals surface area contributed by atoms with Gasteiger partial charge in [-0.25, -0.2) is 4.98 Å². The van der Waals surface area contributed by atoms with E-state index in [1.54, 1.807) is 0 Å². The Morgan fingerprint density at radius 2 is 1.71 bits per heavy atom.